The van der Waals surface area contributed by atoms with Crippen LogP contribution in [0.4, 0.5) is 5.69 Å². The van der Waals surface area contributed by atoms with Gasteiger partial charge in [0.2, 0.25) is 0 Å². The highest BCUT2D eigenvalue weighted by Crippen LogP contribution is 2.21. The summed E-state index contributed by atoms with van der Waals surface area (Å²) in [7, 11) is 1.68. The Kier molecular flexibility index (Phi) is 4.44. The molecule has 0 radical (unpaired) electrons. The molecule has 0 spiro atoms. The van der Waals surface area contributed by atoms with Crippen molar-refractivity contribution in [3.8, 4) is 5.75 Å². The lowest BCUT2D eigenvalue weighted by molar-refractivity contribution is 0.414. The topological polar surface area (TPSA) is 25.6 Å². The van der Waals surface area contributed by atoms with Crippen LogP contribution in [-0.4, -0.2) is 7.11 Å². The highest BCUT2D eigenvalue weighted by atomic mass is 16.5. The van der Waals surface area contributed by atoms with Crippen molar-refractivity contribution in [2.45, 2.75) is 13.1 Å². The van der Waals surface area contributed by atoms with Gasteiger partial charge >= 0.3 is 0 Å². The lowest BCUT2D eigenvalue weighted by atomic mass is 10.2. The summed E-state index contributed by atoms with van der Waals surface area (Å²) in [4.78, 5) is 2.29. The van der Waals surface area contributed by atoms with E-state index in [1.54, 1.807) is 13.4 Å². The summed E-state index contributed by atoms with van der Waals surface area (Å²) in [5.41, 5.74) is 2.41. The molecule has 2 aromatic carbocycles. The van der Waals surface area contributed by atoms with E-state index in [4.69, 9.17) is 9.15 Å². The van der Waals surface area contributed by atoms with Crippen LogP contribution >= 0.6 is 0 Å². The fourth-order valence-electron chi connectivity index (χ4n) is 2.42. The number of methoxy groups -OCH3 is 1. The van der Waals surface area contributed by atoms with Crippen LogP contribution in [0, 0.1) is 0 Å². The van der Waals surface area contributed by atoms with Crippen molar-refractivity contribution in [3.63, 3.8) is 0 Å². The van der Waals surface area contributed by atoms with Gasteiger partial charge in [-0.2, -0.15) is 0 Å². The number of benzene rings is 2. The molecule has 0 amide bonds. The van der Waals surface area contributed by atoms with Crippen molar-refractivity contribution >= 4 is 5.69 Å². The highest BCUT2D eigenvalue weighted by Gasteiger charge is 2.10. The Hall–Kier alpha value is -2.68. The van der Waals surface area contributed by atoms with Gasteiger partial charge in [0.25, 0.3) is 0 Å². The fourth-order valence-corrected chi connectivity index (χ4v) is 2.42. The zero-order valence-electron chi connectivity index (χ0n) is 12.6. The van der Waals surface area contributed by atoms with Crippen LogP contribution in [0.1, 0.15) is 11.3 Å². The molecule has 3 nitrogen and oxygen atoms in total. The van der Waals surface area contributed by atoms with Crippen molar-refractivity contribution in [2.24, 2.45) is 0 Å². The van der Waals surface area contributed by atoms with Crippen molar-refractivity contribution < 1.29 is 9.15 Å². The largest absolute Gasteiger partial charge is 0.497 e. The van der Waals surface area contributed by atoms with Gasteiger partial charge < -0.3 is 14.1 Å². The van der Waals surface area contributed by atoms with E-state index < -0.39 is 0 Å². The third-order valence-corrected chi connectivity index (χ3v) is 3.58. The van der Waals surface area contributed by atoms with Crippen LogP contribution in [0.25, 0.3) is 0 Å². The standard InChI is InChI=1S/C19H19NO2/c1-21-18-11-9-16(10-12-18)14-20(15-19-8-5-13-22-19)17-6-3-2-4-7-17/h2-13H,14-15H2,1H3. The third kappa shape index (κ3) is 3.50. The van der Waals surface area contributed by atoms with Gasteiger partial charge in [-0.05, 0) is 42.0 Å². The van der Waals surface area contributed by atoms with E-state index in [-0.39, 0.29) is 0 Å². The quantitative estimate of drug-likeness (QED) is 0.669. The number of furan rings is 1. The Balaban J connectivity index is 1.81. The van der Waals surface area contributed by atoms with Gasteiger partial charge in [0.1, 0.15) is 11.5 Å². The Bertz CT molecular complexity index is 675. The number of hydrogen-bond donors (Lipinski definition) is 0. The summed E-state index contributed by atoms with van der Waals surface area (Å²) in [6.07, 6.45) is 1.71. The van der Waals surface area contributed by atoms with Gasteiger partial charge in [0, 0.05) is 12.2 Å². The Morgan fingerprint density at radius 1 is 0.864 bits per heavy atom. The second kappa shape index (κ2) is 6.85. The number of ether oxygens (including phenoxy) is 1. The molecule has 1 heterocycles. The Morgan fingerprint density at radius 2 is 1.64 bits per heavy atom. The summed E-state index contributed by atoms with van der Waals surface area (Å²) in [5.74, 6) is 1.83. The van der Waals surface area contributed by atoms with Gasteiger partial charge in [-0.1, -0.05) is 30.3 Å². The third-order valence-electron chi connectivity index (χ3n) is 3.58. The number of nitrogens with zero attached hydrogens (tertiary/aromatic N) is 1. The minimum Gasteiger partial charge on any atom is -0.497 e. The first-order valence-corrected chi connectivity index (χ1v) is 7.30. The molecule has 3 heteroatoms. The predicted molar refractivity (Wildman–Crippen MR) is 88.0 cm³/mol. The number of para-hydroxylation sites is 1. The Morgan fingerprint density at radius 3 is 2.27 bits per heavy atom. The van der Waals surface area contributed by atoms with Crippen molar-refractivity contribution in [2.75, 3.05) is 12.0 Å². The second-order valence-electron chi connectivity index (χ2n) is 5.12. The molecule has 0 aliphatic heterocycles. The van der Waals surface area contributed by atoms with Crippen molar-refractivity contribution in [1.29, 1.82) is 0 Å². The number of anilines is 1. The van der Waals surface area contributed by atoms with Crippen LogP contribution in [0.3, 0.4) is 0 Å². The summed E-state index contributed by atoms with van der Waals surface area (Å²) in [6.45, 7) is 1.55. The van der Waals surface area contributed by atoms with E-state index >= 15 is 0 Å². The minimum absolute atomic E-state index is 0.739. The molecule has 0 bridgehead atoms. The molecule has 0 N–H and O–H groups in total. The maximum atomic E-state index is 5.50. The zero-order valence-corrected chi connectivity index (χ0v) is 12.6. The molecule has 0 aliphatic rings. The Labute approximate surface area is 130 Å². The van der Waals surface area contributed by atoms with Crippen molar-refractivity contribution in [3.05, 3.63) is 84.3 Å². The van der Waals surface area contributed by atoms with Crippen LogP contribution in [0.2, 0.25) is 0 Å². The number of rotatable bonds is 6. The first-order valence-electron chi connectivity index (χ1n) is 7.30. The minimum atomic E-state index is 0.739. The molecule has 0 atom stereocenters. The van der Waals surface area contributed by atoms with Crippen LogP contribution < -0.4 is 9.64 Å². The van der Waals surface area contributed by atoms with Gasteiger partial charge in [-0.25, -0.2) is 0 Å². The highest BCUT2D eigenvalue weighted by molar-refractivity contribution is 5.47. The molecule has 22 heavy (non-hydrogen) atoms. The molecule has 3 aromatic rings. The van der Waals surface area contributed by atoms with Gasteiger partial charge in [0.15, 0.2) is 0 Å². The monoisotopic (exact) mass is 293 g/mol. The van der Waals surface area contributed by atoms with Crippen molar-refractivity contribution in [1.82, 2.24) is 0 Å². The van der Waals surface area contributed by atoms with E-state index in [1.165, 1.54) is 11.3 Å². The molecule has 112 valence electrons. The van der Waals surface area contributed by atoms with Crippen LogP contribution in [0.15, 0.2) is 77.4 Å². The molecule has 0 fully saturated rings. The van der Waals surface area contributed by atoms with E-state index in [1.807, 2.05) is 30.3 Å². The van der Waals surface area contributed by atoms with Gasteiger partial charge in [0.05, 0.1) is 19.9 Å². The maximum Gasteiger partial charge on any atom is 0.123 e. The lowest BCUT2D eigenvalue weighted by Crippen LogP contribution is -2.21. The average molecular weight is 293 g/mol. The summed E-state index contributed by atoms with van der Waals surface area (Å²) in [5, 5.41) is 0. The molecule has 0 unspecified atom stereocenters. The summed E-state index contributed by atoms with van der Waals surface area (Å²) < 4.78 is 10.7. The first kappa shape index (κ1) is 14.3. The summed E-state index contributed by atoms with van der Waals surface area (Å²) in [6, 6.07) is 22.5. The van der Waals surface area contributed by atoms with E-state index in [0.717, 1.165) is 24.6 Å². The molecular formula is C19H19NO2. The molecule has 1 aromatic heterocycles. The molecule has 0 aliphatic carbocycles. The van der Waals surface area contributed by atoms with E-state index in [2.05, 4.69) is 41.3 Å². The SMILES string of the molecule is COc1ccc(CN(Cc2ccco2)c2ccccc2)cc1. The predicted octanol–water partition coefficient (Wildman–Crippen LogP) is 4.50. The molecule has 0 saturated heterocycles. The zero-order chi connectivity index (χ0) is 15.2. The molecule has 0 saturated carbocycles. The van der Waals surface area contributed by atoms with Gasteiger partial charge in [-0.15, -0.1) is 0 Å². The van der Waals surface area contributed by atoms with Crippen LogP contribution in [-0.2, 0) is 13.1 Å². The lowest BCUT2D eigenvalue weighted by Gasteiger charge is -2.24. The second-order valence-corrected chi connectivity index (χ2v) is 5.12. The molecule has 3 rings (SSSR count). The smallest absolute Gasteiger partial charge is 0.123 e. The maximum absolute atomic E-state index is 5.50. The van der Waals surface area contributed by atoms with E-state index in [0.29, 0.717) is 0 Å². The van der Waals surface area contributed by atoms with Gasteiger partial charge in [-0.3, -0.25) is 0 Å². The fraction of sp³-hybridized carbons (Fsp3) is 0.158. The number of hydrogen-bond acceptors (Lipinski definition) is 3. The normalized spacial score (nSPS) is 10.4. The first-order chi connectivity index (χ1) is 10.8. The van der Waals surface area contributed by atoms with E-state index in [9.17, 15) is 0 Å². The van der Waals surface area contributed by atoms with Crippen LogP contribution in [0.5, 0.6) is 5.75 Å². The average Bonchev–Trinajstić information content (AvgIpc) is 3.09. The molecular weight excluding hydrogens is 274 g/mol. The summed E-state index contributed by atoms with van der Waals surface area (Å²) >= 11 is 0.